The van der Waals surface area contributed by atoms with Crippen molar-refractivity contribution in [3.63, 3.8) is 0 Å². The number of anilines is 1. The third kappa shape index (κ3) is 3.20. The first-order valence-electron chi connectivity index (χ1n) is 7.15. The maximum absolute atomic E-state index is 11.9. The molecule has 2 aromatic carbocycles. The zero-order valence-electron chi connectivity index (χ0n) is 12.0. The van der Waals surface area contributed by atoms with Crippen molar-refractivity contribution in [3.8, 4) is 5.75 Å². The highest BCUT2D eigenvalue weighted by Crippen LogP contribution is 2.37. The van der Waals surface area contributed by atoms with Crippen LogP contribution >= 0.6 is 0 Å². The lowest BCUT2D eigenvalue weighted by Gasteiger charge is -2.24. The molecule has 0 bridgehead atoms. The molecule has 0 aliphatic carbocycles. The van der Waals surface area contributed by atoms with Crippen molar-refractivity contribution in [1.29, 1.82) is 0 Å². The summed E-state index contributed by atoms with van der Waals surface area (Å²) in [4.78, 5) is 11.9. The van der Waals surface area contributed by atoms with Crippen LogP contribution in [0.5, 0.6) is 5.75 Å². The van der Waals surface area contributed by atoms with Gasteiger partial charge in [-0.2, -0.15) is 0 Å². The number of hydrogen-bond acceptors (Lipinski definition) is 4. The number of rotatable bonds is 3. The zero-order chi connectivity index (χ0) is 15.4. The Labute approximate surface area is 128 Å². The molecule has 1 aliphatic rings. The molecule has 0 aromatic heterocycles. The number of benzene rings is 2. The predicted molar refractivity (Wildman–Crippen MR) is 81.8 cm³/mol. The van der Waals surface area contributed by atoms with E-state index in [2.05, 4.69) is 5.32 Å². The van der Waals surface area contributed by atoms with Crippen LogP contribution in [-0.2, 0) is 11.3 Å². The van der Waals surface area contributed by atoms with E-state index in [4.69, 9.17) is 9.47 Å². The number of hydrogen-bond donors (Lipinski definition) is 2. The maximum atomic E-state index is 11.9. The summed E-state index contributed by atoms with van der Waals surface area (Å²) in [6, 6.07) is 14.7. The molecule has 1 aliphatic heterocycles. The summed E-state index contributed by atoms with van der Waals surface area (Å²) in [7, 11) is 0. The molecule has 1 heterocycles. The molecule has 0 saturated carbocycles. The van der Waals surface area contributed by atoms with Crippen molar-refractivity contribution in [3.05, 3.63) is 59.7 Å². The van der Waals surface area contributed by atoms with Crippen LogP contribution < -0.4 is 10.1 Å². The second kappa shape index (κ2) is 6.49. The number of nitrogens with one attached hydrogen (secondary N) is 1. The summed E-state index contributed by atoms with van der Waals surface area (Å²) in [5.41, 5.74) is 2.11. The summed E-state index contributed by atoms with van der Waals surface area (Å²) < 4.78 is 10.7. The van der Waals surface area contributed by atoms with Gasteiger partial charge in [0.2, 0.25) is 0 Å². The Kier molecular flexibility index (Phi) is 4.25. The van der Waals surface area contributed by atoms with Gasteiger partial charge in [0.15, 0.2) is 0 Å². The highest BCUT2D eigenvalue weighted by Gasteiger charge is 2.22. The highest BCUT2D eigenvalue weighted by atomic mass is 16.5. The van der Waals surface area contributed by atoms with Crippen LogP contribution in [0.2, 0.25) is 0 Å². The fourth-order valence-corrected chi connectivity index (χ4v) is 2.37. The third-order valence-corrected chi connectivity index (χ3v) is 3.49. The number of ether oxygens (including phenoxy) is 2. The first-order chi connectivity index (χ1) is 10.7. The van der Waals surface area contributed by atoms with Crippen molar-refractivity contribution < 1.29 is 19.4 Å². The lowest BCUT2D eigenvalue weighted by molar-refractivity contribution is 0.115. The summed E-state index contributed by atoms with van der Waals surface area (Å²) in [5.74, 6) is 0.512. The SMILES string of the molecule is O=C(Nc1cccc2c1OCCC2O)OCc1ccccc1. The van der Waals surface area contributed by atoms with Crippen molar-refractivity contribution in [2.24, 2.45) is 0 Å². The van der Waals surface area contributed by atoms with Gasteiger partial charge < -0.3 is 14.6 Å². The molecule has 1 amide bonds. The first-order valence-corrected chi connectivity index (χ1v) is 7.15. The van der Waals surface area contributed by atoms with E-state index in [-0.39, 0.29) is 6.61 Å². The highest BCUT2D eigenvalue weighted by molar-refractivity contribution is 5.87. The second-order valence-electron chi connectivity index (χ2n) is 5.06. The predicted octanol–water partition coefficient (Wildman–Crippen LogP) is 3.25. The van der Waals surface area contributed by atoms with Gasteiger partial charge in [0.25, 0.3) is 0 Å². The molecule has 0 spiro atoms. The number of aliphatic hydroxyl groups excluding tert-OH is 1. The fraction of sp³-hybridized carbons (Fsp3) is 0.235. The molecule has 0 saturated heterocycles. The quantitative estimate of drug-likeness (QED) is 0.913. The van der Waals surface area contributed by atoms with Gasteiger partial charge in [-0.25, -0.2) is 4.79 Å². The minimum absolute atomic E-state index is 0.200. The number of para-hydroxylation sites is 1. The first kappa shape index (κ1) is 14.4. The van der Waals surface area contributed by atoms with Crippen molar-refractivity contribution >= 4 is 11.8 Å². The molecule has 5 heteroatoms. The van der Waals surface area contributed by atoms with Gasteiger partial charge in [0.05, 0.1) is 18.4 Å². The summed E-state index contributed by atoms with van der Waals surface area (Å²) in [5, 5.41) is 12.6. The van der Waals surface area contributed by atoms with Crippen molar-refractivity contribution in [2.45, 2.75) is 19.1 Å². The smallest absolute Gasteiger partial charge is 0.412 e. The van der Waals surface area contributed by atoms with Crippen LogP contribution in [0.4, 0.5) is 10.5 Å². The molecule has 2 N–H and O–H groups in total. The van der Waals surface area contributed by atoms with E-state index >= 15 is 0 Å². The topological polar surface area (TPSA) is 67.8 Å². The Morgan fingerprint density at radius 2 is 2.05 bits per heavy atom. The van der Waals surface area contributed by atoms with E-state index < -0.39 is 12.2 Å². The number of carbonyl (C=O) groups is 1. The average Bonchev–Trinajstić information content (AvgIpc) is 2.55. The van der Waals surface area contributed by atoms with Gasteiger partial charge in [-0.05, 0) is 11.6 Å². The van der Waals surface area contributed by atoms with E-state index in [9.17, 15) is 9.90 Å². The third-order valence-electron chi connectivity index (χ3n) is 3.49. The van der Waals surface area contributed by atoms with E-state index in [0.717, 1.165) is 5.56 Å². The minimum atomic E-state index is -0.564. The van der Waals surface area contributed by atoms with Crippen LogP contribution in [0.3, 0.4) is 0 Å². The van der Waals surface area contributed by atoms with E-state index in [1.807, 2.05) is 30.3 Å². The lowest BCUT2D eigenvalue weighted by atomic mass is 10.0. The van der Waals surface area contributed by atoms with Crippen LogP contribution in [0.15, 0.2) is 48.5 Å². The van der Waals surface area contributed by atoms with E-state index in [0.29, 0.717) is 30.0 Å². The van der Waals surface area contributed by atoms with Gasteiger partial charge in [-0.3, -0.25) is 5.32 Å². The number of fused-ring (bicyclic) bond motifs is 1. The molecule has 5 nitrogen and oxygen atoms in total. The van der Waals surface area contributed by atoms with Crippen LogP contribution in [-0.4, -0.2) is 17.8 Å². The Morgan fingerprint density at radius 1 is 1.23 bits per heavy atom. The van der Waals surface area contributed by atoms with Gasteiger partial charge in [-0.1, -0.05) is 42.5 Å². The van der Waals surface area contributed by atoms with Crippen molar-refractivity contribution in [1.82, 2.24) is 0 Å². The molecule has 1 atom stereocenters. The minimum Gasteiger partial charge on any atom is -0.491 e. The summed E-state index contributed by atoms with van der Waals surface area (Å²) in [6.07, 6.45) is -0.568. The summed E-state index contributed by atoms with van der Waals surface area (Å²) >= 11 is 0. The molecule has 2 aromatic rings. The zero-order valence-corrected chi connectivity index (χ0v) is 12.0. The van der Waals surface area contributed by atoms with Crippen molar-refractivity contribution in [2.75, 3.05) is 11.9 Å². The molecular weight excluding hydrogens is 282 g/mol. The van der Waals surface area contributed by atoms with E-state index in [1.165, 1.54) is 0 Å². The van der Waals surface area contributed by atoms with Crippen LogP contribution in [0.25, 0.3) is 0 Å². The monoisotopic (exact) mass is 299 g/mol. The largest absolute Gasteiger partial charge is 0.491 e. The molecule has 3 rings (SSSR count). The Bertz CT molecular complexity index is 657. The Balaban J connectivity index is 1.66. The number of amides is 1. The molecule has 0 fully saturated rings. The second-order valence-corrected chi connectivity index (χ2v) is 5.06. The van der Waals surface area contributed by atoms with Crippen LogP contribution in [0.1, 0.15) is 23.7 Å². The fourth-order valence-electron chi connectivity index (χ4n) is 2.37. The number of carbonyl (C=O) groups excluding carboxylic acids is 1. The maximum Gasteiger partial charge on any atom is 0.412 e. The lowest BCUT2D eigenvalue weighted by Crippen LogP contribution is -2.18. The average molecular weight is 299 g/mol. The van der Waals surface area contributed by atoms with E-state index in [1.54, 1.807) is 18.2 Å². The number of aliphatic hydroxyl groups is 1. The molecular formula is C17H17NO4. The molecule has 0 radical (unpaired) electrons. The van der Waals surface area contributed by atoms with Crippen LogP contribution in [0, 0.1) is 0 Å². The van der Waals surface area contributed by atoms with Gasteiger partial charge in [-0.15, -0.1) is 0 Å². The summed E-state index contributed by atoms with van der Waals surface area (Å²) in [6.45, 7) is 0.622. The normalized spacial score (nSPS) is 16.3. The Hall–Kier alpha value is -2.53. The standard InChI is InChI=1S/C17H17NO4/c19-15-9-10-21-16-13(15)7-4-8-14(16)18-17(20)22-11-12-5-2-1-3-6-12/h1-8,15,19H,9-11H2,(H,18,20). The van der Waals surface area contributed by atoms with Gasteiger partial charge >= 0.3 is 6.09 Å². The van der Waals surface area contributed by atoms with Gasteiger partial charge in [0.1, 0.15) is 12.4 Å². The molecule has 22 heavy (non-hydrogen) atoms. The molecule has 1 unspecified atom stereocenters. The Morgan fingerprint density at radius 3 is 2.86 bits per heavy atom. The van der Waals surface area contributed by atoms with Gasteiger partial charge in [0, 0.05) is 12.0 Å². The molecule has 114 valence electrons.